The third kappa shape index (κ3) is 5.70. The zero-order valence-electron chi connectivity index (χ0n) is 18.3. The Hall–Kier alpha value is -4.82. The molecular formula is C29H22N2O3. The summed E-state index contributed by atoms with van der Waals surface area (Å²) in [5.74, 6) is 4.75. The van der Waals surface area contributed by atoms with Gasteiger partial charge in [-0.15, -0.1) is 0 Å². The first-order valence-electron chi connectivity index (χ1n) is 10.7. The lowest BCUT2D eigenvalue weighted by atomic mass is 10.1. The average Bonchev–Trinajstić information content (AvgIpc) is 2.87. The molecule has 0 aliphatic rings. The predicted molar refractivity (Wildman–Crippen MR) is 134 cm³/mol. The van der Waals surface area contributed by atoms with Crippen molar-refractivity contribution in [3.05, 3.63) is 131 Å². The molecule has 0 aliphatic carbocycles. The van der Waals surface area contributed by atoms with Gasteiger partial charge in [-0.25, -0.2) is 4.79 Å². The Morgan fingerprint density at radius 2 is 1.32 bits per heavy atom. The van der Waals surface area contributed by atoms with Crippen LogP contribution >= 0.6 is 0 Å². The van der Waals surface area contributed by atoms with Gasteiger partial charge in [0.2, 0.25) is 0 Å². The molecule has 0 aliphatic heterocycles. The number of para-hydroxylation sites is 1. The van der Waals surface area contributed by atoms with E-state index in [-0.39, 0.29) is 11.3 Å². The zero-order valence-corrected chi connectivity index (χ0v) is 18.3. The molecule has 34 heavy (non-hydrogen) atoms. The lowest BCUT2D eigenvalue weighted by molar-refractivity contribution is 0.0698. The number of hydrogen-bond acceptors (Lipinski definition) is 3. The van der Waals surface area contributed by atoms with Crippen molar-refractivity contribution >= 4 is 23.3 Å². The fourth-order valence-electron chi connectivity index (χ4n) is 3.39. The van der Waals surface area contributed by atoms with E-state index in [2.05, 4.69) is 22.5 Å². The highest BCUT2D eigenvalue weighted by Gasteiger charge is 2.16. The molecule has 0 saturated carbocycles. The zero-order chi connectivity index (χ0) is 23.8. The molecule has 4 aromatic rings. The van der Waals surface area contributed by atoms with E-state index in [4.69, 9.17) is 0 Å². The van der Waals surface area contributed by atoms with Crippen LogP contribution in [0.2, 0.25) is 0 Å². The number of carbonyl (C=O) groups is 2. The summed E-state index contributed by atoms with van der Waals surface area (Å²) in [4.78, 5) is 24.7. The van der Waals surface area contributed by atoms with Gasteiger partial charge in [0.15, 0.2) is 0 Å². The lowest BCUT2D eigenvalue weighted by Gasteiger charge is -2.14. The fourth-order valence-corrected chi connectivity index (χ4v) is 3.39. The van der Waals surface area contributed by atoms with Crippen LogP contribution in [0.15, 0.2) is 103 Å². The van der Waals surface area contributed by atoms with E-state index in [0.717, 1.165) is 16.7 Å². The Morgan fingerprint density at radius 3 is 2.06 bits per heavy atom. The third-order valence-electron chi connectivity index (χ3n) is 5.12. The van der Waals surface area contributed by atoms with Gasteiger partial charge in [0, 0.05) is 23.4 Å². The van der Waals surface area contributed by atoms with Gasteiger partial charge in [-0.05, 0) is 48.0 Å². The molecule has 0 bridgehead atoms. The van der Waals surface area contributed by atoms with Gasteiger partial charge in [0.05, 0.1) is 16.8 Å². The average molecular weight is 447 g/mol. The lowest BCUT2D eigenvalue weighted by Crippen LogP contribution is -2.17. The number of carboxylic acid groups (broad SMARTS) is 1. The van der Waals surface area contributed by atoms with Gasteiger partial charge in [-0.3, -0.25) is 4.79 Å². The molecule has 4 rings (SSSR count). The molecule has 0 heterocycles. The van der Waals surface area contributed by atoms with E-state index in [9.17, 15) is 14.7 Å². The van der Waals surface area contributed by atoms with Crippen molar-refractivity contribution in [3.63, 3.8) is 0 Å². The van der Waals surface area contributed by atoms with E-state index in [1.165, 1.54) is 6.07 Å². The number of anilines is 2. The molecule has 0 radical (unpaired) electrons. The van der Waals surface area contributed by atoms with Crippen LogP contribution in [-0.4, -0.2) is 17.0 Å². The highest BCUT2D eigenvalue weighted by Crippen LogP contribution is 2.22. The number of hydrogen-bond donors (Lipinski definition) is 3. The van der Waals surface area contributed by atoms with Crippen molar-refractivity contribution in [2.24, 2.45) is 0 Å². The molecule has 4 aromatic carbocycles. The summed E-state index contributed by atoms with van der Waals surface area (Å²) in [5, 5.41) is 15.5. The summed E-state index contributed by atoms with van der Waals surface area (Å²) in [7, 11) is 0. The molecule has 0 aromatic heterocycles. The van der Waals surface area contributed by atoms with Crippen molar-refractivity contribution in [2.45, 2.75) is 6.54 Å². The van der Waals surface area contributed by atoms with Crippen LogP contribution in [0.1, 0.15) is 37.4 Å². The van der Waals surface area contributed by atoms with E-state index in [0.29, 0.717) is 17.8 Å². The van der Waals surface area contributed by atoms with Gasteiger partial charge in [-0.1, -0.05) is 72.5 Å². The molecule has 166 valence electrons. The van der Waals surface area contributed by atoms with Gasteiger partial charge < -0.3 is 15.7 Å². The quantitative estimate of drug-likeness (QED) is 0.335. The van der Waals surface area contributed by atoms with Crippen molar-refractivity contribution in [2.75, 3.05) is 10.6 Å². The first kappa shape index (κ1) is 22.4. The molecule has 5 heteroatoms. The predicted octanol–water partition coefficient (Wildman–Crippen LogP) is 5.65. The minimum absolute atomic E-state index is 0.0278. The monoisotopic (exact) mass is 446 g/mol. The molecule has 3 N–H and O–H groups in total. The number of amides is 1. The maximum Gasteiger partial charge on any atom is 0.337 e. The second kappa shape index (κ2) is 10.7. The summed E-state index contributed by atoms with van der Waals surface area (Å²) in [6, 6.07) is 31.1. The number of nitrogens with one attached hydrogen (secondary N) is 2. The maximum atomic E-state index is 13.1. The number of rotatable bonds is 6. The van der Waals surface area contributed by atoms with Crippen LogP contribution in [0.25, 0.3) is 0 Å². The van der Waals surface area contributed by atoms with E-state index >= 15 is 0 Å². The van der Waals surface area contributed by atoms with Crippen molar-refractivity contribution in [1.29, 1.82) is 0 Å². The first-order chi connectivity index (χ1) is 16.6. The third-order valence-corrected chi connectivity index (χ3v) is 5.12. The highest BCUT2D eigenvalue weighted by molar-refractivity contribution is 6.10. The summed E-state index contributed by atoms with van der Waals surface area (Å²) in [6.45, 7) is 0.516. The maximum absolute atomic E-state index is 13.1. The first-order valence-corrected chi connectivity index (χ1v) is 10.7. The molecule has 5 nitrogen and oxygen atoms in total. The molecule has 0 fully saturated rings. The van der Waals surface area contributed by atoms with Gasteiger partial charge in [-0.2, -0.15) is 0 Å². The number of aromatic carboxylic acids is 1. The Bertz CT molecular complexity index is 1370. The van der Waals surface area contributed by atoms with Crippen LogP contribution in [-0.2, 0) is 6.54 Å². The summed E-state index contributed by atoms with van der Waals surface area (Å²) in [6.07, 6.45) is 0. The Morgan fingerprint density at radius 1 is 0.676 bits per heavy atom. The highest BCUT2D eigenvalue weighted by atomic mass is 16.4. The molecular weight excluding hydrogens is 424 g/mol. The molecule has 0 unspecified atom stereocenters. The van der Waals surface area contributed by atoms with Crippen molar-refractivity contribution < 1.29 is 14.7 Å². The molecule has 0 spiro atoms. The van der Waals surface area contributed by atoms with Gasteiger partial charge in [0.25, 0.3) is 5.91 Å². The Labute approximate surface area is 198 Å². The van der Waals surface area contributed by atoms with Crippen LogP contribution in [0.4, 0.5) is 11.4 Å². The van der Waals surface area contributed by atoms with Gasteiger partial charge in [0.1, 0.15) is 0 Å². The number of carbonyl (C=O) groups excluding carboxylic acids is 1. The van der Waals surface area contributed by atoms with Crippen LogP contribution < -0.4 is 10.6 Å². The fraction of sp³-hybridized carbons (Fsp3) is 0.0345. The van der Waals surface area contributed by atoms with E-state index in [1.54, 1.807) is 30.3 Å². The standard InChI is InChI=1S/C29H22N2O3/c32-28(31-26-14-8-7-13-25(26)29(33)34)24-18-17-22(16-15-21-9-3-1-4-10-21)19-27(24)30-20-23-11-5-2-6-12-23/h1-14,17-19,30H,20H2,(H,31,32)(H,33,34). The number of carboxylic acids is 1. The van der Waals surface area contributed by atoms with E-state index in [1.807, 2.05) is 66.7 Å². The topological polar surface area (TPSA) is 78.4 Å². The van der Waals surface area contributed by atoms with Gasteiger partial charge >= 0.3 is 5.97 Å². The molecule has 1 amide bonds. The minimum atomic E-state index is -1.11. The van der Waals surface area contributed by atoms with Crippen LogP contribution in [0, 0.1) is 11.8 Å². The SMILES string of the molecule is O=C(O)c1ccccc1NC(=O)c1ccc(C#Cc2ccccc2)cc1NCc1ccccc1. The van der Waals surface area contributed by atoms with Crippen molar-refractivity contribution in [3.8, 4) is 11.8 Å². The molecule has 0 saturated heterocycles. The largest absolute Gasteiger partial charge is 0.478 e. The minimum Gasteiger partial charge on any atom is -0.478 e. The Balaban J connectivity index is 1.64. The summed E-state index contributed by atoms with van der Waals surface area (Å²) >= 11 is 0. The smallest absolute Gasteiger partial charge is 0.337 e. The second-order valence-corrected chi connectivity index (χ2v) is 7.52. The summed E-state index contributed by atoms with van der Waals surface area (Å²) in [5.41, 5.74) is 3.97. The second-order valence-electron chi connectivity index (χ2n) is 7.52. The molecule has 0 atom stereocenters. The number of benzene rings is 4. The van der Waals surface area contributed by atoms with Crippen LogP contribution in [0.3, 0.4) is 0 Å². The summed E-state index contributed by atoms with van der Waals surface area (Å²) < 4.78 is 0. The van der Waals surface area contributed by atoms with Crippen molar-refractivity contribution in [1.82, 2.24) is 0 Å². The van der Waals surface area contributed by atoms with E-state index < -0.39 is 11.9 Å². The normalized spacial score (nSPS) is 10.0. The van der Waals surface area contributed by atoms with Crippen LogP contribution in [0.5, 0.6) is 0 Å². The Kier molecular flexibility index (Phi) is 7.02.